The summed E-state index contributed by atoms with van der Waals surface area (Å²) in [5.74, 6) is -0.297. The zero-order valence-electron chi connectivity index (χ0n) is 16.5. The number of aryl methyl sites for hydroxylation is 1. The van der Waals surface area contributed by atoms with E-state index in [4.69, 9.17) is 0 Å². The molecule has 1 heterocycles. The normalized spacial score (nSPS) is 16.0. The summed E-state index contributed by atoms with van der Waals surface area (Å²) in [5, 5.41) is 1.88. The number of nitrogens with zero attached hydrogens (tertiary/aromatic N) is 2. The molecule has 0 spiro atoms. The van der Waals surface area contributed by atoms with Crippen molar-refractivity contribution in [3.8, 4) is 0 Å². The largest absolute Gasteiger partial charge is 0.335 e. The van der Waals surface area contributed by atoms with E-state index in [0.717, 1.165) is 31.7 Å². The number of quaternary nitrogens is 1. The molecule has 1 aliphatic rings. The summed E-state index contributed by atoms with van der Waals surface area (Å²) in [4.78, 5) is 14.1. The molecule has 0 bridgehead atoms. The van der Waals surface area contributed by atoms with E-state index < -0.39 is 10.0 Å². The lowest BCUT2D eigenvalue weighted by atomic mass is 10.2. The van der Waals surface area contributed by atoms with Gasteiger partial charge in [-0.1, -0.05) is 23.8 Å². The fourth-order valence-corrected chi connectivity index (χ4v) is 4.30. The lowest BCUT2D eigenvalue weighted by Crippen LogP contribution is -3.12. The lowest BCUT2D eigenvalue weighted by Gasteiger charge is -2.30. The molecule has 2 N–H and O–H groups in total. The number of nitrogens with one attached hydrogen (secondary N) is 2. The van der Waals surface area contributed by atoms with Gasteiger partial charge in [-0.15, -0.1) is 0 Å². The topological polar surface area (TPSA) is 74.2 Å². The van der Waals surface area contributed by atoms with Gasteiger partial charge in [0, 0.05) is 12.6 Å². The van der Waals surface area contributed by atoms with E-state index in [2.05, 4.69) is 12.5 Å². The van der Waals surface area contributed by atoms with Crippen LogP contribution < -0.4 is 14.6 Å². The highest BCUT2D eigenvalue weighted by Gasteiger charge is 2.23. The number of hydrogen-bond donors (Lipinski definition) is 2. The van der Waals surface area contributed by atoms with E-state index >= 15 is 0 Å². The minimum Gasteiger partial charge on any atom is -0.335 e. The van der Waals surface area contributed by atoms with E-state index in [9.17, 15) is 13.2 Å². The smallest absolute Gasteiger partial charge is 0.265 e. The number of benzene rings is 2. The molecule has 0 atom stereocenters. The molecular formula is C20H27N4O3S+. The molecule has 2 aromatic carbocycles. The molecule has 1 aliphatic heterocycles. The number of carbonyl (C=O) groups is 1. The third kappa shape index (κ3) is 4.52. The molecule has 1 fully saturated rings. The van der Waals surface area contributed by atoms with Crippen LogP contribution in [0.5, 0.6) is 0 Å². The number of amides is 1. The Kier molecular flexibility index (Phi) is 6.02. The summed E-state index contributed by atoms with van der Waals surface area (Å²) >= 11 is 0. The van der Waals surface area contributed by atoms with Crippen molar-refractivity contribution in [3.05, 3.63) is 59.7 Å². The molecule has 0 aromatic heterocycles. The van der Waals surface area contributed by atoms with Crippen molar-refractivity contribution in [1.29, 1.82) is 0 Å². The van der Waals surface area contributed by atoms with Crippen LogP contribution in [0.15, 0.2) is 53.4 Å². The molecule has 8 heteroatoms. The predicted molar refractivity (Wildman–Crippen MR) is 109 cm³/mol. The Balaban J connectivity index is 1.77. The molecule has 0 radical (unpaired) electrons. The van der Waals surface area contributed by atoms with Gasteiger partial charge in [0.25, 0.3) is 15.9 Å². The predicted octanol–water partition coefficient (Wildman–Crippen LogP) is 0.295. The highest BCUT2D eigenvalue weighted by atomic mass is 32.2. The molecule has 150 valence electrons. The standard InChI is InChI=1S/C20H26N4O3S/c1-16-7-9-18(10-8-16)23(3)28(26,27)19-6-4-5-17(15-19)20(25)21-24-13-11-22(2)12-14-24/h4-10,15H,11-14H2,1-3H3,(H,21,25)/p+1. The molecular weight excluding hydrogens is 376 g/mol. The summed E-state index contributed by atoms with van der Waals surface area (Å²) in [6.45, 7) is 5.39. The van der Waals surface area contributed by atoms with Gasteiger partial charge in [-0.25, -0.2) is 13.4 Å². The average Bonchev–Trinajstić information content (AvgIpc) is 2.70. The van der Waals surface area contributed by atoms with Gasteiger partial charge < -0.3 is 4.90 Å². The van der Waals surface area contributed by atoms with Crippen LogP contribution in [0.2, 0.25) is 0 Å². The summed E-state index contributed by atoms with van der Waals surface area (Å²) in [5.41, 5.74) is 4.82. The molecule has 7 nitrogen and oxygen atoms in total. The number of piperazine rings is 1. The SMILES string of the molecule is Cc1ccc(N(C)S(=O)(=O)c2cccc(C(=O)NN3CC[NH+](C)CC3)c2)cc1. The Hall–Kier alpha value is -2.42. The first kappa shape index (κ1) is 20.3. The van der Waals surface area contributed by atoms with Gasteiger partial charge in [0.2, 0.25) is 0 Å². The van der Waals surface area contributed by atoms with Gasteiger partial charge in [-0.2, -0.15) is 0 Å². The summed E-state index contributed by atoms with van der Waals surface area (Å²) in [6, 6.07) is 13.4. The van der Waals surface area contributed by atoms with Crippen LogP contribution in [-0.4, -0.2) is 59.6 Å². The van der Waals surface area contributed by atoms with E-state index in [1.165, 1.54) is 28.4 Å². The maximum Gasteiger partial charge on any atom is 0.265 e. The zero-order valence-corrected chi connectivity index (χ0v) is 17.3. The minimum atomic E-state index is -3.76. The molecule has 0 unspecified atom stereocenters. The highest BCUT2D eigenvalue weighted by molar-refractivity contribution is 7.92. The second kappa shape index (κ2) is 8.30. The first-order valence-electron chi connectivity index (χ1n) is 9.30. The number of likely N-dealkylation sites (N-methyl/N-ethyl adjacent to an activating group) is 1. The second-order valence-electron chi connectivity index (χ2n) is 7.22. The molecule has 28 heavy (non-hydrogen) atoms. The van der Waals surface area contributed by atoms with Crippen molar-refractivity contribution >= 4 is 21.6 Å². The van der Waals surface area contributed by atoms with E-state index in [0.29, 0.717) is 11.3 Å². The molecule has 0 aliphatic carbocycles. The van der Waals surface area contributed by atoms with Crippen LogP contribution in [0.3, 0.4) is 0 Å². The van der Waals surface area contributed by atoms with Crippen molar-refractivity contribution in [3.63, 3.8) is 0 Å². The molecule has 2 aromatic rings. The molecule has 0 saturated carbocycles. The van der Waals surface area contributed by atoms with Crippen LogP contribution in [0.25, 0.3) is 0 Å². The quantitative estimate of drug-likeness (QED) is 0.753. The second-order valence-corrected chi connectivity index (χ2v) is 9.19. The summed E-state index contributed by atoms with van der Waals surface area (Å²) in [7, 11) is -0.129. The Morgan fingerprint density at radius 2 is 1.75 bits per heavy atom. The van der Waals surface area contributed by atoms with Gasteiger partial charge in [0.1, 0.15) is 0 Å². The van der Waals surface area contributed by atoms with Crippen molar-refractivity contribution in [2.45, 2.75) is 11.8 Å². The molecule has 1 amide bonds. The Morgan fingerprint density at radius 3 is 2.39 bits per heavy atom. The van der Waals surface area contributed by atoms with Gasteiger partial charge in [-0.05, 0) is 37.3 Å². The Labute approximate surface area is 166 Å². The number of anilines is 1. The zero-order chi connectivity index (χ0) is 20.3. The van der Waals surface area contributed by atoms with E-state index in [1.54, 1.807) is 24.3 Å². The fraction of sp³-hybridized carbons (Fsp3) is 0.350. The number of hydrogen-bond acceptors (Lipinski definition) is 4. The highest BCUT2D eigenvalue weighted by Crippen LogP contribution is 2.23. The average molecular weight is 404 g/mol. The van der Waals surface area contributed by atoms with Crippen LogP contribution >= 0.6 is 0 Å². The minimum absolute atomic E-state index is 0.0889. The van der Waals surface area contributed by atoms with Gasteiger partial charge >= 0.3 is 0 Å². The fourth-order valence-electron chi connectivity index (χ4n) is 3.06. The van der Waals surface area contributed by atoms with Gasteiger partial charge in [0.15, 0.2) is 0 Å². The number of hydrazine groups is 1. The summed E-state index contributed by atoms with van der Waals surface area (Å²) in [6.07, 6.45) is 0. The van der Waals surface area contributed by atoms with Crippen LogP contribution in [-0.2, 0) is 10.0 Å². The first-order valence-corrected chi connectivity index (χ1v) is 10.7. The number of carbonyl (C=O) groups excluding carboxylic acids is 1. The van der Waals surface area contributed by atoms with Crippen molar-refractivity contribution in [2.75, 3.05) is 44.6 Å². The van der Waals surface area contributed by atoms with Crippen molar-refractivity contribution < 1.29 is 18.1 Å². The van der Waals surface area contributed by atoms with E-state index in [-0.39, 0.29) is 10.8 Å². The molecule has 1 saturated heterocycles. The van der Waals surface area contributed by atoms with Crippen LogP contribution in [0.4, 0.5) is 5.69 Å². The molecule has 3 rings (SSSR count). The lowest BCUT2D eigenvalue weighted by molar-refractivity contribution is -0.884. The summed E-state index contributed by atoms with van der Waals surface area (Å²) < 4.78 is 27.2. The third-order valence-corrected chi connectivity index (χ3v) is 6.81. The van der Waals surface area contributed by atoms with E-state index in [1.807, 2.05) is 24.1 Å². The van der Waals surface area contributed by atoms with Crippen LogP contribution in [0.1, 0.15) is 15.9 Å². The number of rotatable bonds is 5. The van der Waals surface area contributed by atoms with Gasteiger partial charge in [-0.3, -0.25) is 14.5 Å². The van der Waals surface area contributed by atoms with Crippen LogP contribution in [0, 0.1) is 6.92 Å². The Bertz CT molecular complexity index is 936. The van der Waals surface area contributed by atoms with Crippen molar-refractivity contribution in [1.82, 2.24) is 10.4 Å². The maximum atomic E-state index is 13.0. The Morgan fingerprint density at radius 1 is 1.11 bits per heavy atom. The maximum absolute atomic E-state index is 13.0. The van der Waals surface area contributed by atoms with Gasteiger partial charge in [0.05, 0.1) is 43.8 Å². The monoisotopic (exact) mass is 403 g/mol. The first-order chi connectivity index (χ1) is 13.3. The number of sulfonamides is 1. The third-order valence-electron chi connectivity index (χ3n) is 5.03. The van der Waals surface area contributed by atoms with Crippen molar-refractivity contribution in [2.24, 2.45) is 0 Å².